The summed E-state index contributed by atoms with van der Waals surface area (Å²) in [6.07, 6.45) is 6.58. The van der Waals surface area contributed by atoms with Crippen molar-refractivity contribution in [2.75, 3.05) is 34.5 Å². The van der Waals surface area contributed by atoms with Crippen molar-refractivity contribution in [3.05, 3.63) is 0 Å². The molecule has 12 nitrogen and oxygen atoms in total. The second kappa shape index (κ2) is 44.2. The van der Waals surface area contributed by atoms with Crippen LogP contribution >= 0.6 is 75.8 Å². The van der Waals surface area contributed by atoms with Gasteiger partial charge in [0.25, 0.3) is 0 Å². The third-order valence-electron chi connectivity index (χ3n) is 6.97. The van der Waals surface area contributed by atoms with Crippen LogP contribution in [0.2, 0.25) is 8.87 Å². The monoisotopic (exact) mass is 1060 g/mol. The first-order valence-corrected chi connectivity index (χ1v) is 24.5. The van der Waals surface area contributed by atoms with E-state index in [0.717, 1.165) is 0 Å². The summed E-state index contributed by atoms with van der Waals surface area (Å²) in [6, 6.07) is 0. The fourth-order valence-electron chi connectivity index (χ4n) is 4.09. The number of carboxylic acids is 6. The van der Waals surface area contributed by atoms with Gasteiger partial charge in [-0.3, -0.25) is 0 Å². The summed E-state index contributed by atoms with van der Waals surface area (Å²) in [5.41, 5.74) is 0. The average molecular weight is 1060 g/mol. The number of rotatable bonds is 25. The molecule has 0 radical (unpaired) electrons. The van der Waals surface area contributed by atoms with Gasteiger partial charge in [-0.25, -0.2) is 0 Å². The number of carbonyl (C=O) groups is 6. The molecule has 0 heterocycles. The fourth-order valence-corrected chi connectivity index (χ4v) is 7.78. The molecule has 0 spiro atoms. The third kappa shape index (κ3) is 36.2. The number of thiol groups is 6. The number of unbranched alkanes of at least 4 members (excludes halogenated alkanes) is 2. The molecule has 52 heavy (non-hydrogen) atoms. The maximum absolute atomic E-state index is 10.6. The smallest absolute Gasteiger partial charge is 0.0452 e. The fraction of sp³-hybridized carbons (Fsp3) is 0.812. The quantitative estimate of drug-likeness (QED) is 0.0423. The Morgan fingerprint density at radius 3 is 0.558 bits per heavy atom. The van der Waals surface area contributed by atoms with Gasteiger partial charge in [-0.05, 0) is 73.0 Å². The van der Waals surface area contributed by atoms with E-state index >= 15 is 0 Å². The number of hydrogen-bond acceptors (Lipinski definition) is 18. The van der Waals surface area contributed by atoms with Crippen LogP contribution in [0.1, 0.15) is 78.1 Å². The molecule has 0 bridgehead atoms. The third-order valence-corrected chi connectivity index (χ3v) is 10.5. The minimum atomic E-state index is -1.37. The van der Waals surface area contributed by atoms with E-state index < -0.39 is 71.3 Å². The largest absolute Gasteiger partial charge is 0.550 e. The predicted octanol–water partition coefficient (Wildman–Crippen LogP) is -2.18. The van der Waals surface area contributed by atoms with E-state index in [1.807, 2.05) is 0 Å². The Kier molecular flexibility index (Phi) is 52.5. The standard InChI is InChI=1S/3C8H14O4S2.2C4H9.2Sn/c3*9-7(10)5(1-3-13)6(2-4-14)8(11)12;2*1-3-4-2;;/h3*5-6,13-14H,1-4H2,(H,9,10)(H,11,12);2*1,3-4H2,2H3;;/q;;;;;2*+3/p-6. The second-order valence-corrected chi connectivity index (χ2v) is 16.4. The van der Waals surface area contributed by atoms with E-state index in [2.05, 4.69) is 89.6 Å². The van der Waals surface area contributed by atoms with E-state index in [4.69, 9.17) is 0 Å². The molecule has 6 atom stereocenters. The molecule has 0 aromatic heterocycles. The van der Waals surface area contributed by atoms with E-state index in [-0.39, 0.29) is 38.5 Å². The molecule has 0 aliphatic rings. The molecule has 20 heteroatoms. The van der Waals surface area contributed by atoms with Crippen molar-refractivity contribution in [3.63, 3.8) is 0 Å². The van der Waals surface area contributed by atoms with E-state index in [9.17, 15) is 59.4 Å². The Balaban J connectivity index is -0.000000187. The van der Waals surface area contributed by atoms with Crippen LogP contribution in [0.3, 0.4) is 0 Å². The van der Waals surface area contributed by atoms with Gasteiger partial charge in [-0.2, -0.15) is 75.8 Å². The van der Waals surface area contributed by atoms with Crippen LogP contribution in [0.15, 0.2) is 0 Å². The zero-order chi connectivity index (χ0) is 41.7. The normalized spacial score (nSPS) is 13.5. The van der Waals surface area contributed by atoms with E-state index in [1.165, 1.54) is 34.6 Å². The Morgan fingerprint density at radius 1 is 0.385 bits per heavy atom. The average Bonchev–Trinajstić information content (AvgIpc) is 3.07. The SMILES string of the molecule is CCC[CH2][Sn+3].CCC[CH2][Sn+3].O=C([O-])C(CCS)C(CCS)C(=O)[O-].O=C([O-])C(CCS)C(CCS)C(=O)[O-].O=C([O-])C(CCS)C(CCS)C(=O)[O-]. The van der Waals surface area contributed by atoms with Crippen molar-refractivity contribution in [3.8, 4) is 0 Å². The molecule has 0 aromatic rings. The Morgan fingerprint density at radius 2 is 0.519 bits per heavy atom. The number of hydrogen-bond donors (Lipinski definition) is 6. The van der Waals surface area contributed by atoms with Crippen LogP contribution in [0.4, 0.5) is 0 Å². The minimum absolute atomic E-state index is 0.165. The van der Waals surface area contributed by atoms with Gasteiger partial charge in [-0.1, -0.05) is 0 Å². The van der Waals surface area contributed by atoms with E-state index in [0.29, 0.717) is 34.5 Å². The Labute approximate surface area is 369 Å². The number of carboxylic acid groups (broad SMARTS) is 6. The molecule has 0 rings (SSSR count). The van der Waals surface area contributed by atoms with Crippen molar-refractivity contribution in [2.24, 2.45) is 35.5 Å². The first-order valence-electron chi connectivity index (χ1n) is 16.6. The summed E-state index contributed by atoms with van der Waals surface area (Å²) in [7, 11) is 0. The van der Waals surface area contributed by atoms with Crippen molar-refractivity contribution in [1.29, 1.82) is 0 Å². The molecule has 0 fully saturated rings. The predicted molar refractivity (Wildman–Crippen MR) is 213 cm³/mol. The molecule has 0 aromatic carbocycles. The van der Waals surface area contributed by atoms with Crippen LogP contribution in [0.25, 0.3) is 0 Å². The van der Waals surface area contributed by atoms with E-state index in [1.54, 1.807) is 45.0 Å². The van der Waals surface area contributed by atoms with Crippen molar-refractivity contribution < 1.29 is 59.4 Å². The first-order chi connectivity index (χ1) is 24.4. The summed E-state index contributed by atoms with van der Waals surface area (Å²) in [5.74, 6) is -12.6. The molecule has 0 saturated carbocycles. The van der Waals surface area contributed by atoms with Gasteiger partial charge < -0.3 is 59.4 Å². The molecule has 298 valence electrons. The van der Waals surface area contributed by atoms with Gasteiger partial charge in [0, 0.05) is 71.3 Å². The molecule has 0 aliphatic heterocycles. The van der Waals surface area contributed by atoms with Gasteiger partial charge in [0.2, 0.25) is 0 Å². The zero-order valence-corrected chi connectivity index (χ0v) is 40.8. The number of carbonyl (C=O) groups excluding carboxylic acids is 6. The maximum Gasteiger partial charge on any atom is 0.0452 e. The first kappa shape index (κ1) is 61.7. The molecule has 0 aliphatic carbocycles. The van der Waals surface area contributed by atoms with Gasteiger partial charge in [0.15, 0.2) is 0 Å². The topological polar surface area (TPSA) is 241 Å². The summed E-state index contributed by atoms with van der Waals surface area (Å²) in [5, 5.41) is 63.9. The van der Waals surface area contributed by atoms with Crippen LogP contribution in [-0.4, -0.2) is 115 Å². The van der Waals surface area contributed by atoms with Crippen LogP contribution in [-0.2, 0) is 28.8 Å². The summed E-state index contributed by atoms with van der Waals surface area (Å²) in [4.78, 5) is 63.9. The Hall–Kier alpha value is 0.517. The van der Waals surface area contributed by atoms with Gasteiger partial charge >= 0.3 is 93.5 Å². The molecular weight excluding hydrogens is 1010 g/mol. The molecule has 0 N–H and O–H groups in total. The molecule has 0 saturated heterocycles. The van der Waals surface area contributed by atoms with Gasteiger partial charge in [-0.15, -0.1) is 0 Å². The van der Waals surface area contributed by atoms with Gasteiger partial charge in [0.1, 0.15) is 0 Å². The molecule has 6 unspecified atom stereocenters. The minimum Gasteiger partial charge on any atom is -0.550 e. The summed E-state index contributed by atoms with van der Waals surface area (Å²) < 4.78 is 2.87. The number of aliphatic carboxylic acids is 6. The molecular formula is C32H54O12S6Sn2. The van der Waals surface area contributed by atoms with Crippen LogP contribution < -0.4 is 30.6 Å². The van der Waals surface area contributed by atoms with Crippen molar-refractivity contribution in [2.45, 2.75) is 86.9 Å². The van der Waals surface area contributed by atoms with Crippen molar-refractivity contribution in [1.82, 2.24) is 0 Å². The zero-order valence-electron chi connectivity index (χ0n) is 29.8. The summed E-state index contributed by atoms with van der Waals surface area (Å²) in [6.45, 7) is 4.45. The van der Waals surface area contributed by atoms with Crippen molar-refractivity contribution >= 4 is 157 Å². The molecule has 0 amide bonds. The van der Waals surface area contributed by atoms with Gasteiger partial charge in [0.05, 0.1) is 0 Å². The Bertz CT molecular complexity index is 760. The second-order valence-electron chi connectivity index (χ2n) is 10.8. The maximum atomic E-state index is 10.6. The van der Waals surface area contributed by atoms with Crippen LogP contribution in [0, 0.1) is 35.5 Å². The summed E-state index contributed by atoms with van der Waals surface area (Å²) >= 11 is 26.5. The van der Waals surface area contributed by atoms with Crippen LogP contribution in [0.5, 0.6) is 0 Å².